The minimum Gasteiger partial charge on any atom is -0.491 e. The molecule has 1 aromatic rings. The van der Waals surface area contributed by atoms with E-state index in [-0.39, 0.29) is 0 Å². The Balaban J connectivity index is 2.21. The second-order valence-corrected chi connectivity index (χ2v) is 5.89. The molecule has 1 rings (SSSR count). The van der Waals surface area contributed by atoms with E-state index in [0.717, 1.165) is 12.2 Å². The molecule has 0 unspecified atom stereocenters. The first-order valence-corrected chi connectivity index (χ1v) is 8.67. The van der Waals surface area contributed by atoms with E-state index in [9.17, 15) is 0 Å². The minimum absolute atomic E-state index is 0.382. The van der Waals surface area contributed by atoms with Gasteiger partial charge in [-0.3, -0.25) is 4.90 Å². The average molecular weight is 349 g/mol. The monoisotopic (exact) mass is 349 g/mol. The number of rotatable bonds is 14. The summed E-state index contributed by atoms with van der Waals surface area (Å²) in [5.41, 5.74) is 1.24. The summed E-state index contributed by atoms with van der Waals surface area (Å²) in [6.07, 6.45) is 6.30. The molecule has 25 heavy (non-hydrogen) atoms. The van der Waals surface area contributed by atoms with Crippen LogP contribution in [-0.4, -0.2) is 71.3 Å². The molecule has 0 spiro atoms. The number of nitrogens with zero attached hydrogens (tertiary/aromatic N) is 1. The number of hydrogen-bond acceptors (Lipinski definition) is 5. The summed E-state index contributed by atoms with van der Waals surface area (Å²) in [5.74, 6) is 3.54. The van der Waals surface area contributed by atoms with Crippen LogP contribution in [0.15, 0.2) is 24.3 Å². The van der Waals surface area contributed by atoms with Gasteiger partial charge in [0, 0.05) is 13.2 Å². The Labute approximate surface area is 152 Å². The van der Waals surface area contributed by atoms with Gasteiger partial charge in [-0.05, 0) is 38.1 Å². The Morgan fingerprint density at radius 1 is 1.08 bits per heavy atom. The fourth-order valence-corrected chi connectivity index (χ4v) is 2.24. The van der Waals surface area contributed by atoms with Gasteiger partial charge in [0.2, 0.25) is 0 Å². The third kappa shape index (κ3) is 10.1. The van der Waals surface area contributed by atoms with Crippen LogP contribution in [0.3, 0.4) is 0 Å². The smallest absolute Gasteiger partial charge is 0.119 e. The normalized spacial score (nSPS) is 12.1. The van der Waals surface area contributed by atoms with Crippen molar-refractivity contribution in [2.24, 2.45) is 0 Å². The Morgan fingerprint density at radius 3 is 2.44 bits per heavy atom. The first kappa shape index (κ1) is 21.5. The molecule has 5 heteroatoms. The molecule has 1 atom stereocenters. The lowest BCUT2D eigenvalue weighted by Gasteiger charge is -2.22. The molecule has 0 fully saturated rings. The van der Waals surface area contributed by atoms with Crippen LogP contribution in [0, 0.1) is 12.3 Å². The van der Waals surface area contributed by atoms with Gasteiger partial charge < -0.3 is 18.9 Å². The van der Waals surface area contributed by atoms with Gasteiger partial charge in [0.05, 0.1) is 39.6 Å². The van der Waals surface area contributed by atoms with Crippen molar-refractivity contribution in [3.8, 4) is 18.1 Å². The van der Waals surface area contributed by atoms with Crippen LogP contribution < -0.4 is 4.74 Å². The third-order valence-electron chi connectivity index (χ3n) is 3.82. The van der Waals surface area contributed by atoms with Crippen molar-refractivity contribution < 1.29 is 18.9 Å². The molecule has 5 nitrogen and oxygen atoms in total. The Kier molecular flexibility index (Phi) is 11.7. The van der Waals surface area contributed by atoms with Crippen molar-refractivity contribution in [2.45, 2.75) is 19.4 Å². The molecular formula is C20H31NO4. The predicted molar refractivity (Wildman–Crippen MR) is 100 cm³/mol. The number of ether oxygens (including phenoxy) is 4. The highest BCUT2D eigenvalue weighted by Crippen LogP contribution is 2.16. The zero-order valence-corrected chi connectivity index (χ0v) is 15.7. The average Bonchev–Trinajstić information content (AvgIpc) is 2.61. The summed E-state index contributed by atoms with van der Waals surface area (Å²) < 4.78 is 21.4. The van der Waals surface area contributed by atoms with Gasteiger partial charge in [0.15, 0.2) is 0 Å². The van der Waals surface area contributed by atoms with E-state index in [1.807, 2.05) is 19.2 Å². The van der Waals surface area contributed by atoms with Crippen LogP contribution in [-0.2, 0) is 20.6 Å². The molecule has 0 amide bonds. The number of methoxy groups -OCH3 is 1. The van der Waals surface area contributed by atoms with Crippen molar-refractivity contribution in [1.82, 2.24) is 4.90 Å². The van der Waals surface area contributed by atoms with Gasteiger partial charge in [0.25, 0.3) is 0 Å². The highest BCUT2D eigenvalue weighted by atomic mass is 16.6. The summed E-state index contributed by atoms with van der Waals surface area (Å²) in [6.45, 7) is 6.23. The lowest BCUT2D eigenvalue weighted by atomic mass is 10.1. The van der Waals surface area contributed by atoms with Crippen LogP contribution in [0.1, 0.15) is 12.5 Å². The molecule has 0 heterocycles. The molecule has 0 aliphatic heterocycles. The maximum absolute atomic E-state index is 5.75. The second kappa shape index (κ2) is 13.7. The highest BCUT2D eigenvalue weighted by molar-refractivity contribution is 5.29. The number of likely N-dealkylation sites (N-methyl/N-ethyl adjacent to an activating group) is 1. The van der Waals surface area contributed by atoms with Crippen LogP contribution in [0.4, 0.5) is 0 Å². The summed E-state index contributed by atoms with van der Waals surface area (Å²) in [7, 11) is 3.70. The maximum Gasteiger partial charge on any atom is 0.119 e. The SMILES string of the molecule is C#CCN(C)[C@H](C)Cc1cccc(OCCOCCOCCOC)c1. The molecule has 0 aliphatic carbocycles. The molecule has 0 saturated carbocycles. The van der Waals surface area contributed by atoms with E-state index >= 15 is 0 Å². The van der Waals surface area contributed by atoms with Gasteiger partial charge >= 0.3 is 0 Å². The number of terminal acetylenes is 1. The lowest BCUT2D eigenvalue weighted by Crippen LogP contribution is -2.31. The molecule has 140 valence electrons. The van der Waals surface area contributed by atoms with E-state index in [1.165, 1.54) is 5.56 Å². The predicted octanol–water partition coefficient (Wildman–Crippen LogP) is 2.24. The zero-order valence-electron chi connectivity index (χ0n) is 15.7. The van der Waals surface area contributed by atoms with Gasteiger partial charge in [-0.15, -0.1) is 6.42 Å². The fraction of sp³-hybridized carbons (Fsp3) is 0.600. The molecule has 0 bridgehead atoms. The van der Waals surface area contributed by atoms with Gasteiger partial charge in [-0.2, -0.15) is 0 Å². The highest BCUT2D eigenvalue weighted by Gasteiger charge is 2.09. The summed E-state index contributed by atoms with van der Waals surface area (Å²) >= 11 is 0. The topological polar surface area (TPSA) is 40.2 Å². The van der Waals surface area contributed by atoms with Crippen LogP contribution >= 0.6 is 0 Å². The van der Waals surface area contributed by atoms with E-state index in [0.29, 0.717) is 52.2 Å². The quantitative estimate of drug-likeness (QED) is 0.381. The molecule has 0 aromatic heterocycles. The largest absolute Gasteiger partial charge is 0.491 e. The molecule has 0 saturated heterocycles. The standard InChI is InChI=1S/C20H31NO4/c1-5-9-21(3)18(2)16-19-7-6-8-20(17-19)25-15-14-24-13-12-23-11-10-22-4/h1,6-8,17-18H,9-16H2,2-4H3/t18-/m1/s1. The molecule has 0 radical (unpaired) electrons. The maximum atomic E-state index is 5.75. The molecule has 0 aliphatic rings. The Morgan fingerprint density at radius 2 is 1.76 bits per heavy atom. The van der Waals surface area contributed by atoms with E-state index < -0.39 is 0 Å². The van der Waals surface area contributed by atoms with Gasteiger partial charge in [-0.25, -0.2) is 0 Å². The molecule has 0 N–H and O–H groups in total. The van der Waals surface area contributed by atoms with Crippen molar-refractivity contribution in [3.63, 3.8) is 0 Å². The number of benzene rings is 1. The summed E-state index contributed by atoms with van der Waals surface area (Å²) in [6, 6.07) is 8.55. The van der Waals surface area contributed by atoms with Gasteiger partial charge in [-0.1, -0.05) is 18.1 Å². The third-order valence-corrected chi connectivity index (χ3v) is 3.82. The first-order chi connectivity index (χ1) is 12.2. The van der Waals surface area contributed by atoms with Crippen LogP contribution in [0.5, 0.6) is 5.75 Å². The summed E-state index contributed by atoms with van der Waals surface area (Å²) in [4.78, 5) is 2.16. The lowest BCUT2D eigenvalue weighted by molar-refractivity contribution is 0.0179. The Hall–Kier alpha value is -1.58. The van der Waals surface area contributed by atoms with Crippen LogP contribution in [0.2, 0.25) is 0 Å². The first-order valence-electron chi connectivity index (χ1n) is 8.67. The second-order valence-electron chi connectivity index (χ2n) is 5.89. The molecular weight excluding hydrogens is 318 g/mol. The minimum atomic E-state index is 0.382. The molecule has 1 aromatic carbocycles. The van der Waals surface area contributed by atoms with Crippen molar-refractivity contribution >= 4 is 0 Å². The zero-order chi connectivity index (χ0) is 18.3. The fourth-order valence-electron chi connectivity index (χ4n) is 2.24. The number of hydrogen-bond donors (Lipinski definition) is 0. The van der Waals surface area contributed by atoms with E-state index in [2.05, 4.69) is 29.9 Å². The van der Waals surface area contributed by atoms with Crippen LogP contribution in [0.25, 0.3) is 0 Å². The van der Waals surface area contributed by atoms with Crippen molar-refractivity contribution in [1.29, 1.82) is 0 Å². The summed E-state index contributed by atoms with van der Waals surface area (Å²) in [5, 5.41) is 0. The van der Waals surface area contributed by atoms with Crippen molar-refractivity contribution in [3.05, 3.63) is 29.8 Å². The van der Waals surface area contributed by atoms with E-state index in [1.54, 1.807) is 7.11 Å². The van der Waals surface area contributed by atoms with E-state index in [4.69, 9.17) is 25.4 Å². The van der Waals surface area contributed by atoms with Gasteiger partial charge in [0.1, 0.15) is 12.4 Å². The Bertz CT molecular complexity index is 501. The van der Waals surface area contributed by atoms with Crippen molar-refractivity contribution in [2.75, 3.05) is 60.3 Å².